The summed E-state index contributed by atoms with van der Waals surface area (Å²) in [5, 5.41) is 0. The lowest BCUT2D eigenvalue weighted by Gasteiger charge is -2.42. The monoisotopic (exact) mass is 524 g/mol. The summed E-state index contributed by atoms with van der Waals surface area (Å²) in [5.74, 6) is 1.49. The molecule has 4 aromatic rings. The number of rotatable bonds is 6. The van der Waals surface area contributed by atoms with E-state index in [1.165, 1.54) is 0 Å². The van der Waals surface area contributed by atoms with E-state index in [9.17, 15) is 9.59 Å². The number of piperidine rings is 1. The molecule has 0 spiro atoms. The highest BCUT2D eigenvalue weighted by Crippen LogP contribution is 2.36. The molecule has 2 aliphatic rings. The van der Waals surface area contributed by atoms with Gasteiger partial charge in [-0.3, -0.25) is 19.0 Å². The molecular formula is C30H32N6O3. The SMILES string of the molecule is Cc1ccc(CC(=O)c2ccc(-c3nc([C@@H]4CCCN(C(=O)C5(C)COC5)C4)n4ccnc(N)c34)cc2)nc1. The van der Waals surface area contributed by atoms with Gasteiger partial charge in [-0.25, -0.2) is 9.97 Å². The molecule has 3 aromatic heterocycles. The number of nitrogens with zero attached hydrogens (tertiary/aromatic N) is 5. The van der Waals surface area contributed by atoms with E-state index in [4.69, 9.17) is 15.5 Å². The minimum atomic E-state index is -0.426. The van der Waals surface area contributed by atoms with E-state index < -0.39 is 5.41 Å². The molecule has 0 unspecified atom stereocenters. The lowest BCUT2D eigenvalue weighted by atomic mass is 9.85. The molecule has 0 bridgehead atoms. The average molecular weight is 525 g/mol. The number of aromatic nitrogens is 4. The van der Waals surface area contributed by atoms with Crippen LogP contribution in [0.2, 0.25) is 0 Å². The number of imidazole rings is 1. The largest absolute Gasteiger partial charge is 0.382 e. The van der Waals surface area contributed by atoms with Crippen molar-refractivity contribution in [3.05, 3.63) is 77.6 Å². The van der Waals surface area contributed by atoms with Crippen LogP contribution in [0.5, 0.6) is 0 Å². The Morgan fingerprint density at radius 2 is 1.92 bits per heavy atom. The number of Topliss-reactive ketones (excluding diaryl/α,β-unsaturated/α-hetero) is 1. The Hall–Kier alpha value is -4.11. The molecule has 5 heterocycles. The molecule has 200 valence electrons. The first-order chi connectivity index (χ1) is 18.8. The maximum absolute atomic E-state index is 13.2. The number of aryl methyl sites for hydroxylation is 1. The summed E-state index contributed by atoms with van der Waals surface area (Å²) in [4.78, 5) is 41.8. The number of carbonyl (C=O) groups is 2. The van der Waals surface area contributed by atoms with Gasteiger partial charge in [-0.05, 0) is 38.3 Å². The average Bonchev–Trinajstić information content (AvgIpc) is 3.34. The van der Waals surface area contributed by atoms with Gasteiger partial charge in [0.25, 0.3) is 0 Å². The molecule has 2 fully saturated rings. The van der Waals surface area contributed by atoms with Crippen LogP contribution in [-0.2, 0) is 16.0 Å². The number of hydrogen-bond acceptors (Lipinski definition) is 7. The number of ether oxygens (including phenoxy) is 1. The molecule has 0 radical (unpaired) electrons. The van der Waals surface area contributed by atoms with Crippen molar-refractivity contribution in [1.82, 2.24) is 24.3 Å². The molecule has 1 aromatic carbocycles. The van der Waals surface area contributed by atoms with Gasteiger partial charge in [-0.2, -0.15) is 0 Å². The van der Waals surface area contributed by atoms with Crippen LogP contribution < -0.4 is 5.73 Å². The summed E-state index contributed by atoms with van der Waals surface area (Å²) >= 11 is 0. The van der Waals surface area contributed by atoms with Gasteiger partial charge in [0.2, 0.25) is 5.91 Å². The topological polar surface area (TPSA) is 116 Å². The van der Waals surface area contributed by atoms with Crippen LogP contribution in [0.15, 0.2) is 55.0 Å². The third-order valence-corrected chi connectivity index (χ3v) is 7.84. The fourth-order valence-electron chi connectivity index (χ4n) is 5.55. The minimum Gasteiger partial charge on any atom is -0.382 e. The van der Waals surface area contributed by atoms with Crippen molar-refractivity contribution in [2.24, 2.45) is 5.41 Å². The maximum atomic E-state index is 13.2. The van der Waals surface area contributed by atoms with Crippen LogP contribution >= 0.6 is 0 Å². The van der Waals surface area contributed by atoms with Crippen molar-refractivity contribution in [3.63, 3.8) is 0 Å². The van der Waals surface area contributed by atoms with Crippen LogP contribution in [0.25, 0.3) is 16.8 Å². The molecular weight excluding hydrogens is 492 g/mol. The molecule has 9 nitrogen and oxygen atoms in total. The molecule has 2 saturated heterocycles. The number of fused-ring (bicyclic) bond motifs is 1. The van der Waals surface area contributed by atoms with Crippen molar-refractivity contribution in [3.8, 4) is 11.3 Å². The van der Waals surface area contributed by atoms with Crippen LogP contribution in [0, 0.1) is 12.3 Å². The number of likely N-dealkylation sites (tertiary alicyclic amines) is 1. The highest BCUT2D eigenvalue weighted by Gasteiger charge is 2.44. The van der Waals surface area contributed by atoms with Crippen molar-refractivity contribution >= 4 is 23.0 Å². The zero-order valence-corrected chi connectivity index (χ0v) is 22.3. The van der Waals surface area contributed by atoms with Crippen molar-refractivity contribution in [2.75, 3.05) is 32.0 Å². The summed E-state index contributed by atoms with van der Waals surface area (Å²) in [6, 6.07) is 11.3. The third-order valence-electron chi connectivity index (χ3n) is 7.84. The van der Waals surface area contributed by atoms with Crippen molar-refractivity contribution < 1.29 is 14.3 Å². The van der Waals surface area contributed by atoms with Crippen molar-refractivity contribution in [2.45, 2.75) is 39.0 Å². The van der Waals surface area contributed by atoms with E-state index in [2.05, 4.69) is 9.97 Å². The van der Waals surface area contributed by atoms with Gasteiger partial charge < -0.3 is 15.4 Å². The highest BCUT2D eigenvalue weighted by molar-refractivity contribution is 5.98. The number of nitrogen functional groups attached to an aromatic ring is 1. The molecule has 2 aliphatic heterocycles. The first kappa shape index (κ1) is 25.2. The molecule has 0 aliphatic carbocycles. The Labute approximate surface area is 227 Å². The van der Waals surface area contributed by atoms with Gasteiger partial charge in [0.05, 0.1) is 25.0 Å². The number of hydrogen-bond donors (Lipinski definition) is 1. The number of carbonyl (C=O) groups excluding carboxylic acids is 2. The smallest absolute Gasteiger partial charge is 0.233 e. The normalized spacial score (nSPS) is 18.6. The van der Waals surface area contributed by atoms with Crippen LogP contribution in [0.3, 0.4) is 0 Å². The number of nitrogens with two attached hydrogens (primary N) is 1. The standard InChI is InChI=1S/C30H32N6O3/c1-19-5-10-23(33-15-19)14-24(37)20-6-8-21(9-7-20)25-26-27(31)32-11-13-36(26)28(34-25)22-4-3-12-35(16-22)29(38)30(2)17-39-18-30/h5-11,13,15,22H,3-4,12,14,16-18H2,1-2H3,(H2,31,32)/t22-/m1/s1. The Bertz CT molecular complexity index is 1540. The molecule has 6 rings (SSSR count). The number of pyridine rings is 1. The van der Waals surface area contributed by atoms with E-state index in [1.807, 2.05) is 65.7 Å². The fraction of sp³-hybridized carbons (Fsp3) is 0.367. The number of anilines is 1. The molecule has 0 saturated carbocycles. The Kier molecular flexibility index (Phi) is 6.38. The van der Waals surface area contributed by atoms with E-state index in [0.29, 0.717) is 31.1 Å². The van der Waals surface area contributed by atoms with Gasteiger partial charge in [-0.15, -0.1) is 0 Å². The van der Waals surface area contributed by atoms with E-state index in [-0.39, 0.29) is 24.0 Å². The molecule has 1 atom stereocenters. The Balaban J connectivity index is 1.28. The van der Waals surface area contributed by atoms with Gasteiger partial charge >= 0.3 is 0 Å². The molecule has 9 heteroatoms. The lowest BCUT2D eigenvalue weighted by molar-refractivity contribution is -0.169. The summed E-state index contributed by atoms with van der Waals surface area (Å²) in [6.07, 6.45) is 7.41. The Morgan fingerprint density at radius 3 is 2.62 bits per heavy atom. The summed E-state index contributed by atoms with van der Waals surface area (Å²) in [5.41, 5.74) is 10.7. The predicted octanol–water partition coefficient (Wildman–Crippen LogP) is 3.85. The first-order valence-corrected chi connectivity index (χ1v) is 13.4. The van der Waals surface area contributed by atoms with Crippen LogP contribution in [0.4, 0.5) is 5.82 Å². The second-order valence-corrected chi connectivity index (χ2v) is 11.0. The molecule has 39 heavy (non-hydrogen) atoms. The Morgan fingerprint density at radius 1 is 1.13 bits per heavy atom. The first-order valence-electron chi connectivity index (χ1n) is 13.4. The number of ketones is 1. The predicted molar refractivity (Wildman–Crippen MR) is 147 cm³/mol. The molecule has 2 N–H and O–H groups in total. The quantitative estimate of drug-likeness (QED) is 0.381. The van der Waals surface area contributed by atoms with Gasteiger partial charge in [0, 0.05) is 54.4 Å². The summed E-state index contributed by atoms with van der Waals surface area (Å²) in [6.45, 7) is 6.26. The van der Waals surface area contributed by atoms with Gasteiger partial charge in [-0.1, -0.05) is 30.3 Å². The third kappa shape index (κ3) is 4.67. The minimum absolute atomic E-state index is 0.00648. The molecule has 1 amide bonds. The highest BCUT2D eigenvalue weighted by atomic mass is 16.5. The second-order valence-electron chi connectivity index (χ2n) is 11.0. The van der Waals surface area contributed by atoms with Crippen LogP contribution in [-0.4, -0.2) is 62.2 Å². The zero-order chi connectivity index (χ0) is 27.1. The second kappa shape index (κ2) is 9.89. The zero-order valence-electron chi connectivity index (χ0n) is 22.3. The number of amides is 1. The van der Waals surface area contributed by atoms with E-state index in [1.54, 1.807) is 12.4 Å². The lowest BCUT2D eigenvalue weighted by Crippen LogP contribution is -2.55. The van der Waals surface area contributed by atoms with Crippen molar-refractivity contribution in [1.29, 1.82) is 0 Å². The van der Waals surface area contributed by atoms with E-state index >= 15 is 0 Å². The fourth-order valence-corrected chi connectivity index (χ4v) is 5.55. The van der Waals surface area contributed by atoms with Gasteiger partial charge in [0.15, 0.2) is 5.78 Å². The number of benzene rings is 1. The van der Waals surface area contributed by atoms with Crippen LogP contribution in [0.1, 0.15) is 53.1 Å². The van der Waals surface area contributed by atoms with Gasteiger partial charge in [0.1, 0.15) is 22.9 Å². The summed E-state index contributed by atoms with van der Waals surface area (Å²) in [7, 11) is 0. The maximum Gasteiger partial charge on any atom is 0.233 e. The summed E-state index contributed by atoms with van der Waals surface area (Å²) < 4.78 is 7.34. The van der Waals surface area contributed by atoms with E-state index in [0.717, 1.165) is 53.2 Å².